The molecule has 2 aromatic carbocycles. The van der Waals surface area contributed by atoms with Crippen molar-refractivity contribution in [2.24, 2.45) is 0 Å². The van der Waals surface area contributed by atoms with Crippen molar-refractivity contribution in [2.45, 2.75) is 19.5 Å². The minimum absolute atomic E-state index is 0.0496. The number of hydrogen-bond donors (Lipinski definition) is 1. The van der Waals surface area contributed by atoms with Gasteiger partial charge in [0.05, 0.1) is 5.02 Å². The number of rotatable bonds is 7. The number of carbonyl (C=O) groups is 2. The Kier molecular flexibility index (Phi) is 6.97. The maximum Gasteiger partial charge on any atom is 0.261 e. The third-order valence-corrected chi connectivity index (χ3v) is 4.21. The van der Waals surface area contributed by atoms with Gasteiger partial charge in [-0.3, -0.25) is 9.59 Å². The van der Waals surface area contributed by atoms with Crippen LogP contribution in [0.1, 0.15) is 12.5 Å². The zero-order valence-corrected chi connectivity index (χ0v) is 15.3. The number of amides is 2. The number of carbonyl (C=O) groups excluding carboxylic acids is 2. The molecule has 2 aromatic rings. The Hall–Kier alpha value is -2.60. The molecule has 0 saturated carbocycles. The van der Waals surface area contributed by atoms with Crippen LogP contribution in [0.15, 0.2) is 48.5 Å². The highest BCUT2D eigenvalue weighted by molar-refractivity contribution is 6.32. The van der Waals surface area contributed by atoms with Gasteiger partial charge in [-0.2, -0.15) is 0 Å². The van der Waals surface area contributed by atoms with Crippen LogP contribution in [0.25, 0.3) is 0 Å². The molecule has 2 amide bonds. The molecule has 2 rings (SSSR count). The summed E-state index contributed by atoms with van der Waals surface area (Å²) in [5.41, 5.74) is 0.314. The van der Waals surface area contributed by atoms with Gasteiger partial charge in [-0.25, -0.2) is 4.39 Å². The van der Waals surface area contributed by atoms with Crippen LogP contribution in [0.5, 0.6) is 5.75 Å². The zero-order chi connectivity index (χ0) is 19.1. The van der Waals surface area contributed by atoms with Gasteiger partial charge in [0.25, 0.3) is 5.91 Å². The predicted molar refractivity (Wildman–Crippen MR) is 97.4 cm³/mol. The van der Waals surface area contributed by atoms with Crippen molar-refractivity contribution in [2.75, 3.05) is 13.7 Å². The number of nitrogens with zero attached hydrogens (tertiary/aromatic N) is 1. The van der Waals surface area contributed by atoms with Crippen LogP contribution in [0.2, 0.25) is 5.02 Å². The van der Waals surface area contributed by atoms with Gasteiger partial charge >= 0.3 is 0 Å². The third-order valence-electron chi connectivity index (χ3n) is 3.90. The Morgan fingerprint density at radius 3 is 2.50 bits per heavy atom. The Labute approximate surface area is 156 Å². The van der Waals surface area contributed by atoms with Gasteiger partial charge in [0, 0.05) is 19.2 Å². The average Bonchev–Trinajstić information content (AvgIpc) is 2.65. The largest absolute Gasteiger partial charge is 0.482 e. The van der Waals surface area contributed by atoms with Gasteiger partial charge in [0.1, 0.15) is 17.6 Å². The molecule has 1 unspecified atom stereocenters. The zero-order valence-electron chi connectivity index (χ0n) is 14.5. The van der Waals surface area contributed by atoms with Crippen molar-refractivity contribution in [3.63, 3.8) is 0 Å². The molecule has 0 aliphatic rings. The van der Waals surface area contributed by atoms with Gasteiger partial charge in [0.2, 0.25) is 5.91 Å². The summed E-state index contributed by atoms with van der Waals surface area (Å²) < 4.78 is 19.4. The highest BCUT2D eigenvalue weighted by atomic mass is 35.5. The van der Waals surface area contributed by atoms with E-state index < -0.39 is 17.8 Å². The molecule has 0 fully saturated rings. The Bertz CT molecular complexity index is 785. The molecule has 0 aliphatic heterocycles. The first-order chi connectivity index (χ1) is 12.4. The maximum absolute atomic E-state index is 14.0. The van der Waals surface area contributed by atoms with Crippen molar-refractivity contribution >= 4 is 23.4 Å². The van der Waals surface area contributed by atoms with E-state index >= 15 is 0 Å². The quantitative estimate of drug-likeness (QED) is 0.805. The minimum Gasteiger partial charge on any atom is -0.482 e. The van der Waals surface area contributed by atoms with E-state index in [1.165, 1.54) is 18.0 Å². The van der Waals surface area contributed by atoms with Gasteiger partial charge in [-0.1, -0.05) is 41.9 Å². The lowest BCUT2D eigenvalue weighted by atomic mass is 10.1. The smallest absolute Gasteiger partial charge is 0.261 e. The first-order valence-corrected chi connectivity index (χ1v) is 8.43. The molecule has 0 radical (unpaired) electrons. The van der Waals surface area contributed by atoms with Crippen molar-refractivity contribution in [3.8, 4) is 5.75 Å². The first kappa shape index (κ1) is 19.7. The summed E-state index contributed by atoms with van der Waals surface area (Å²) in [5.74, 6) is -0.890. The lowest BCUT2D eigenvalue weighted by Gasteiger charge is -2.28. The molecule has 5 nitrogen and oxygen atoms in total. The van der Waals surface area contributed by atoms with E-state index in [1.54, 1.807) is 49.4 Å². The molecular weight excluding hydrogens is 359 g/mol. The fourth-order valence-corrected chi connectivity index (χ4v) is 2.58. The second kappa shape index (κ2) is 9.20. The summed E-state index contributed by atoms with van der Waals surface area (Å²) in [6.45, 7) is 1.21. The second-order valence-electron chi connectivity index (χ2n) is 5.62. The topological polar surface area (TPSA) is 58.6 Å². The van der Waals surface area contributed by atoms with Gasteiger partial charge < -0.3 is 15.0 Å². The number of halogens is 2. The fourth-order valence-electron chi connectivity index (χ4n) is 2.39. The third kappa shape index (κ3) is 4.95. The van der Waals surface area contributed by atoms with E-state index in [1.807, 2.05) is 0 Å². The molecular formula is C19H20ClFN2O3. The number of benzene rings is 2. The molecule has 0 aromatic heterocycles. The molecule has 138 valence electrons. The SMILES string of the molecule is CNC(=O)C(C)N(Cc1ccccc1F)C(=O)COc1ccccc1Cl. The number of likely N-dealkylation sites (N-methyl/N-ethyl adjacent to an activating group) is 1. The number of ether oxygens (including phenoxy) is 1. The summed E-state index contributed by atoms with van der Waals surface area (Å²) in [4.78, 5) is 25.9. The second-order valence-corrected chi connectivity index (χ2v) is 6.03. The van der Waals surface area contributed by atoms with Crippen LogP contribution < -0.4 is 10.1 Å². The Balaban J connectivity index is 2.17. The van der Waals surface area contributed by atoms with Crippen LogP contribution in [-0.4, -0.2) is 36.4 Å². The summed E-state index contributed by atoms with van der Waals surface area (Å²) in [6, 6.07) is 12.1. The summed E-state index contributed by atoms with van der Waals surface area (Å²) >= 11 is 6.01. The van der Waals surface area contributed by atoms with E-state index in [4.69, 9.17) is 16.3 Å². The van der Waals surface area contributed by atoms with E-state index in [2.05, 4.69) is 5.32 Å². The molecule has 0 heterocycles. The van der Waals surface area contributed by atoms with Crippen molar-refractivity contribution in [1.29, 1.82) is 0 Å². The van der Waals surface area contributed by atoms with E-state index in [0.717, 1.165) is 0 Å². The highest BCUT2D eigenvalue weighted by Crippen LogP contribution is 2.23. The Morgan fingerprint density at radius 1 is 1.19 bits per heavy atom. The molecule has 1 atom stereocenters. The molecule has 26 heavy (non-hydrogen) atoms. The molecule has 0 saturated heterocycles. The number of para-hydroxylation sites is 1. The Morgan fingerprint density at radius 2 is 1.85 bits per heavy atom. The molecule has 0 spiro atoms. The summed E-state index contributed by atoms with van der Waals surface area (Å²) in [6.07, 6.45) is 0. The van der Waals surface area contributed by atoms with Crippen LogP contribution in [0, 0.1) is 5.82 Å². The van der Waals surface area contributed by atoms with Crippen LogP contribution >= 0.6 is 11.6 Å². The van der Waals surface area contributed by atoms with Gasteiger partial charge in [0.15, 0.2) is 6.61 Å². The normalized spacial score (nSPS) is 11.5. The van der Waals surface area contributed by atoms with Crippen molar-refractivity contribution < 1.29 is 18.7 Å². The van der Waals surface area contributed by atoms with Gasteiger partial charge in [-0.15, -0.1) is 0 Å². The van der Waals surface area contributed by atoms with E-state index in [9.17, 15) is 14.0 Å². The van der Waals surface area contributed by atoms with Crippen LogP contribution in [0.3, 0.4) is 0 Å². The monoisotopic (exact) mass is 378 g/mol. The van der Waals surface area contributed by atoms with E-state index in [0.29, 0.717) is 16.3 Å². The average molecular weight is 379 g/mol. The number of nitrogens with one attached hydrogen (secondary N) is 1. The lowest BCUT2D eigenvalue weighted by Crippen LogP contribution is -2.48. The maximum atomic E-state index is 14.0. The molecule has 0 bridgehead atoms. The first-order valence-electron chi connectivity index (χ1n) is 8.05. The van der Waals surface area contributed by atoms with Crippen molar-refractivity contribution in [1.82, 2.24) is 10.2 Å². The highest BCUT2D eigenvalue weighted by Gasteiger charge is 2.26. The summed E-state index contributed by atoms with van der Waals surface area (Å²) in [5, 5.41) is 2.87. The molecule has 1 N–H and O–H groups in total. The number of hydrogen-bond acceptors (Lipinski definition) is 3. The van der Waals surface area contributed by atoms with Crippen LogP contribution in [-0.2, 0) is 16.1 Å². The lowest BCUT2D eigenvalue weighted by molar-refractivity contribution is -0.142. The van der Waals surface area contributed by atoms with Gasteiger partial charge in [-0.05, 0) is 25.1 Å². The van der Waals surface area contributed by atoms with E-state index in [-0.39, 0.29) is 19.1 Å². The molecule has 0 aliphatic carbocycles. The summed E-state index contributed by atoms with van der Waals surface area (Å²) in [7, 11) is 1.48. The van der Waals surface area contributed by atoms with Crippen LogP contribution in [0.4, 0.5) is 4.39 Å². The van der Waals surface area contributed by atoms with Crippen molar-refractivity contribution in [3.05, 3.63) is 64.9 Å². The molecule has 7 heteroatoms. The minimum atomic E-state index is -0.790. The fraction of sp³-hybridized carbons (Fsp3) is 0.263. The standard InChI is InChI=1S/C19H20ClFN2O3/c1-13(19(25)22-2)23(11-14-7-3-5-9-16(14)21)18(24)12-26-17-10-6-4-8-15(17)20/h3-10,13H,11-12H2,1-2H3,(H,22,25). The predicted octanol–water partition coefficient (Wildman–Crippen LogP) is 3.02.